The molecular formula is C9H17NO. The summed E-state index contributed by atoms with van der Waals surface area (Å²) in [6.07, 6.45) is 1.84. The van der Waals surface area contributed by atoms with Crippen LogP contribution >= 0.6 is 0 Å². The van der Waals surface area contributed by atoms with Gasteiger partial charge >= 0.3 is 0 Å². The van der Waals surface area contributed by atoms with Gasteiger partial charge in [-0.05, 0) is 5.92 Å². The molecule has 1 fully saturated rings. The molecule has 0 aromatic carbocycles. The summed E-state index contributed by atoms with van der Waals surface area (Å²) in [5, 5.41) is 3.26. The molecule has 0 amide bonds. The molecule has 1 rings (SSSR count). The molecule has 0 aliphatic carbocycles. The van der Waals surface area contributed by atoms with Gasteiger partial charge in [0.05, 0.1) is 0 Å². The molecular weight excluding hydrogens is 138 g/mol. The zero-order valence-corrected chi connectivity index (χ0v) is 7.39. The Balaban J connectivity index is 2.47. The third-order valence-corrected chi connectivity index (χ3v) is 2.66. The van der Waals surface area contributed by atoms with Gasteiger partial charge < -0.3 is 5.32 Å². The Kier molecular flexibility index (Phi) is 3.06. The predicted octanol–water partition coefficient (Wildman–Crippen LogP) is 1.21. The minimum Gasteiger partial charge on any atom is -0.316 e. The molecule has 0 spiro atoms. The average Bonchev–Trinajstić information content (AvgIpc) is 2.04. The lowest BCUT2D eigenvalue weighted by atomic mass is 9.85. The topological polar surface area (TPSA) is 29.1 Å². The van der Waals surface area contributed by atoms with Gasteiger partial charge in [0.1, 0.15) is 5.78 Å². The first-order valence-electron chi connectivity index (χ1n) is 4.49. The summed E-state index contributed by atoms with van der Waals surface area (Å²) in [7, 11) is 0. The molecule has 1 aliphatic rings. The van der Waals surface area contributed by atoms with Gasteiger partial charge in [0.2, 0.25) is 0 Å². The maximum Gasteiger partial charge on any atom is 0.138 e. The molecule has 2 atom stereocenters. The van der Waals surface area contributed by atoms with E-state index in [1.165, 1.54) is 0 Å². The largest absolute Gasteiger partial charge is 0.316 e. The summed E-state index contributed by atoms with van der Waals surface area (Å²) in [5.41, 5.74) is 0. The van der Waals surface area contributed by atoms with Crippen molar-refractivity contribution in [3.05, 3.63) is 0 Å². The average molecular weight is 155 g/mol. The van der Waals surface area contributed by atoms with E-state index in [1.54, 1.807) is 0 Å². The van der Waals surface area contributed by atoms with E-state index in [0.29, 0.717) is 11.7 Å². The quantitative estimate of drug-likeness (QED) is 0.649. The molecule has 2 unspecified atom stereocenters. The molecule has 2 nitrogen and oxygen atoms in total. The number of hydrogen-bond acceptors (Lipinski definition) is 2. The lowest BCUT2D eigenvalue weighted by Gasteiger charge is -2.26. The second-order valence-electron chi connectivity index (χ2n) is 3.41. The van der Waals surface area contributed by atoms with Crippen molar-refractivity contribution in [3.63, 3.8) is 0 Å². The van der Waals surface area contributed by atoms with Crippen molar-refractivity contribution in [2.45, 2.75) is 26.7 Å². The zero-order valence-electron chi connectivity index (χ0n) is 7.39. The van der Waals surface area contributed by atoms with Crippen molar-refractivity contribution in [2.75, 3.05) is 13.1 Å². The molecule has 0 aromatic rings. The first kappa shape index (κ1) is 8.72. The highest BCUT2D eigenvalue weighted by Crippen LogP contribution is 2.18. The van der Waals surface area contributed by atoms with Gasteiger partial charge in [-0.25, -0.2) is 0 Å². The predicted molar refractivity (Wildman–Crippen MR) is 45.4 cm³/mol. The Bertz CT molecular complexity index is 144. The highest BCUT2D eigenvalue weighted by Gasteiger charge is 2.25. The molecule has 0 radical (unpaired) electrons. The van der Waals surface area contributed by atoms with Gasteiger partial charge in [-0.3, -0.25) is 4.79 Å². The fourth-order valence-electron chi connectivity index (χ4n) is 1.57. The van der Waals surface area contributed by atoms with Gasteiger partial charge in [0, 0.05) is 25.4 Å². The Labute approximate surface area is 68.4 Å². The third-order valence-electron chi connectivity index (χ3n) is 2.66. The van der Waals surface area contributed by atoms with Crippen LogP contribution in [0.25, 0.3) is 0 Å². The highest BCUT2D eigenvalue weighted by atomic mass is 16.1. The summed E-state index contributed by atoms with van der Waals surface area (Å²) in [6, 6.07) is 0. The number of hydrogen-bond donors (Lipinski definition) is 1. The standard InChI is InChI=1S/C9H17NO/c1-3-7(2)8-6-10-5-4-9(8)11/h7-8,10H,3-6H2,1-2H3. The number of nitrogens with one attached hydrogen (secondary N) is 1. The van der Waals surface area contributed by atoms with Gasteiger partial charge in [-0.15, -0.1) is 0 Å². The highest BCUT2D eigenvalue weighted by molar-refractivity contribution is 5.82. The summed E-state index contributed by atoms with van der Waals surface area (Å²) < 4.78 is 0. The van der Waals surface area contributed by atoms with E-state index in [2.05, 4.69) is 19.2 Å². The van der Waals surface area contributed by atoms with Crippen LogP contribution in [-0.2, 0) is 4.79 Å². The minimum absolute atomic E-state index is 0.286. The summed E-state index contributed by atoms with van der Waals surface area (Å²) in [5.74, 6) is 1.29. The van der Waals surface area contributed by atoms with Crippen molar-refractivity contribution in [1.29, 1.82) is 0 Å². The van der Waals surface area contributed by atoms with Crippen molar-refractivity contribution < 1.29 is 4.79 Å². The molecule has 0 saturated carbocycles. The number of Topliss-reactive ketones (excluding diaryl/α,β-unsaturated/α-hetero) is 1. The van der Waals surface area contributed by atoms with E-state index in [-0.39, 0.29) is 5.92 Å². The molecule has 1 aliphatic heterocycles. The Morgan fingerprint density at radius 1 is 1.73 bits per heavy atom. The van der Waals surface area contributed by atoms with Gasteiger partial charge in [-0.1, -0.05) is 20.3 Å². The molecule has 1 saturated heterocycles. The van der Waals surface area contributed by atoms with E-state index in [9.17, 15) is 4.79 Å². The van der Waals surface area contributed by atoms with Crippen LogP contribution in [-0.4, -0.2) is 18.9 Å². The van der Waals surface area contributed by atoms with Crippen LogP contribution in [0, 0.1) is 11.8 Å². The maximum atomic E-state index is 11.4. The second-order valence-corrected chi connectivity index (χ2v) is 3.41. The van der Waals surface area contributed by atoms with Crippen LogP contribution in [0.1, 0.15) is 26.7 Å². The first-order chi connectivity index (χ1) is 5.25. The van der Waals surface area contributed by atoms with Crippen molar-refractivity contribution in [2.24, 2.45) is 11.8 Å². The number of carbonyl (C=O) groups excluding carboxylic acids is 1. The van der Waals surface area contributed by atoms with Crippen molar-refractivity contribution in [3.8, 4) is 0 Å². The monoisotopic (exact) mass is 155 g/mol. The molecule has 0 aromatic heterocycles. The van der Waals surface area contributed by atoms with Crippen LogP contribution in [0.3, 0.4) is 0 Å². The lowest BCUT2D eigenvalue weighted by molar-refractivity contribution is -0.125. The fourth-order valence-corrected chi connectivity index (χ4v) is 1.57. The Hall–Kier alpha value is -0.370. The Morgan fingerprint density at radius 3 is 3.00 bits per heavy atom. The molecule has 11 heavy (non-hydrogen) atoms. The smallest absolute Gasteiger partial charge is 0.138 e. The van der Waals surface area contributed by atoms with Crippen molar-refractivity contribution in [1.82, 2.24) is 5.32 Å². The summed E-state index contributed by atoms with van der Waals surface area (Å²) in [6.45, 7) is 6.09. The minimum atomic E-state index is 0.286. The van der Waals surface area contributed by atoms with E-state index in [0.717, 1.165) is 25.9 Å². The SMILES string of the molecule is CCC(C)C1CNCCC1=O. The van der Waals surface area contributed by atoms with Gasteiger partial charge in [-0.2, -0.15) is 0 Å². The van der Waals surface area contributed by atoms with Crippen LogP contribution in [0.4, 0.5) is 0 Å². The number of piperidine rings is 1. The van der Waals surface area contributed by atoms with E-state index in [4.69, 9.17) is 0 Å². The molecule has 1 heterocycles. The van der Waals surface area contributed by atoms with Gasteiger partial charge in [0.15, 0.2) is 0 Å². The zero-order chi connectivity index (χ0) is 8.27. The van der Waals surface area contributed by atoms with Crippen LogP contribution in [0.5, 0.6) is 0 Å². The molecule has 1 N–H and O–H groups in total. The van der Waals surface area contributed by atoms with Crippen LogP contribution in [0.15, 0.2) is 0 Å². The van der Waals surface area contributed by atoms with E-state index in [1.807, 2.05) is 0 Å². The number of ketones is 1. The van der Waals surface area contributed by atoms with E-state index < -0.39 is 0 Å². The van der Waals surface area contributed by atoms with E-state index >= 15 is 0 Å². The van der Waals surface area contributed by atoms with Crippen LogP contribution < -0.4 is 5.32 Å². The van der Waals surface area contributed by atoms with Crippen LogP contribution in [0.2, 0.25) is 0 Å². The second kappa shape index (κ2) is 3.86. The normalized spacial score (nSPS) is 28.5. The summed E-state index contributed by atoms with van der Waals surface area (Å²) in [4.78, 5) is 11.4. The first-order valence-corrected chi connectivity index (χ1v) is 4.49. The summed E-state index contributed by atoms with van der Waals surface area (Å²) >= 11 is 0. The molecule has 0 bridgehead atoms. The third kappa shape index (κ3) is 2.03. The molecule has 2 heteroatoms. The van der Waals surface area contributed by atoms with Gasteiger partial charge in [0.25, 0.3) is 0 Å². The maximum absolute atomic E-state index is 11.4. The number of rotatable bonds is 2. The fraction of sp³-hybridized carbons (Fsp3) is 0.889. The van der Waals surface area contributed by atoms with Crippen molar-refractivity contribution >= 4 is 5.78 Å². The molecule has 64 valence electrons. The number of carbonyl (C=O) groups is 1. The Morgan fingerprint density at radius 2 is 2.45 bits per heavy atom. The lowest BCUT2D eigenvalue weighted by Crippen LogP contribution is -2.39.